The molecule has 1 heterocycles. The number of halogens is 14. The van der Waals surface area contributed by atoms with Crippen molar-refractivity contribution in [2.45, 2.75) is 36.2 Å². The molecule has 0 saturated carbocycles. The van der Waals surface area contributed by atoms with Crippen molar-refractivity contribution in [3.8, 4) is 0 Å². The van der Waals surface area contributed by atoms with E-state index in [1.165, 1.54) is 0 Å². The summed E-state index contributed by atoms with van der Waals surface area (Å²) in [5.41, 5.74) is -16.2. The summed E-state index contributed by atoms with van der Waals surface area (Å²) in [6.07, 6.45) is -29.0. The summed E-state index contributed by atoms with van der Waals surface area (Å²) in [5.74, 6) is -10.3. The number of cyclic esters (lactones) is 1. The van der Waals surface area contributed by atoms with Crippen LogP contribution in [0.2, 0.25) is 0 Å². The van der Waals surface area contributed by atoms with E-state index >= 15 is 0 Å². The zero-order valence-electron chi connectivity index (χ0n) is 10.6. The van der Waals surface area contributed by atoms with Gasteiger partial charge in [0.2, 0.25) is 0 Å². The van der Waals surface area contributed by atoms with Crippen LogP contribution in [-0.2, 0) is 9.53 Å². The largest absolute Gasteiger partial charge is 0.465 e. The normalized spacial score (nSPS) is 24.0. The van der Waals surface area contributed by atoms with Crippen LogP contribution in [0.5, 0.6) is 0 Å². The number of hydrogen-bond donors (Lipinski definition) is 0. The molecule has 1 atom stereocenters. The fourth-order valence-electron chi connectivity index (χ4n) is 1.79. The molecule has 0 aromatic heterocycles. The molecule has 1 rings (SSSR count). The van der Waals surface area contributed by atoms with Crippen LogP contribution in [0.15, 0.2) is 11.1 Å². The molecule has 146 valence electrons. The van der Waals surface area contributed by atoms with E-state index in [1.807, 2.05) is 0 Å². The summed E-state index contributed by atoms with van der Waals surface area (Å²) in [5, 5.41) is 0. The maximum Gasteiger partial charge on any atom is 0.465 e. The first kappa shape index (κ1) is 21.3. The van der Waals surface area contributed by atoms with E-state index in [4.69, 9.17) is 0 Å². The highest BCUT2D eigenvalue weighted by atomic mass is 19.4. The predicted octanol–water partition coefficient (Wildman–Crippen LogP) is 4.46. The molecule has 2 nitrogen and oxygen atoms in total. The lowest BCUT2D eigenvalue weighted by molar-refractivity contribution is -0.353. The summed E-state index contributed by atoms with van der Waals surface area (Å²) in [6.45, 7) is 0. The van der Waals surface area contributed by atoms with Gasteiger partial charge in [-0.2, -0.15) is 57.1 Å². The first-order valence-electron chi connectivity index (χ1n) is 5.26. The Kier molecular flexibility index (Phi) is 4.36. The van der Waals surface area contributed by atoms with Gasteiger partial charge in [-0.3, -0.25) is 0 Å². The third kappa shape index (κ3) is 2.88. The Morgan fingerprint density at radius 2 is 1.08 bits per heavy atom. The molecule has 25 heavy (non-hydrogen) atoms. The van der Waals surface area contributed by atoms with Gasteiger partial charge in [-0.05, 0) is 0 Å². The summed E-state index contributed by atoms with van der Waals surface area (Å²) in [7, 11) is 0. The van der Waals surface area contributed by atoms with Crippen LogP contribution in [0.3, 0.4) is 0 Å². The smallest absolute Gasteiger partial charge is 0.412 e. The van der Waals surface area contributed by atoms with Crippen molar-refractivity contribution >= 4 is 5.97 Å². The van der Waals surface area contributed by atoms with Crippen molar-refractivity contribution in [1.29, 1.82) is 0 Å². The van der Waals surface area contributed by atoms with Crippen molar-refractivity contribution in [3.05, 3.63) is 11.1 Å². The van der Waals surface area contributed by atoms with Gasteiger partial charge >= 0.3 is 42.2 Å². The predicted molar refractivity (Wildman–Crippen MR) is 45.0 cm³/mol. The minimum atomic E-state index is -7.56. The number of carbonyl (C=O) groups excluding carboxylic acids is 1. The standard InChI is InChI=1S/C9F14O2/c10-4(7(15,16)17,8(18,19)20)2-1(6(12,13)14)3(24)25-5(2,11)9(21,22)23. The summed E-state index contributed by atoms with van der Waals surface area (Å²) in [6, 6.07) is 0. The molecule has 0 spiro atoms. The summed E-state index contributed by atoms with van der Waals surface area (Å²) < 4.78 is 180. The summed E-state index contributed by atoms with van der Waals surface area (Å²) >= 11 is 0. The van der Waals surface area contributed by atoms with E-state index < -0.39 is 53.3 Å². The van der Waals surface area contributed by atoms with Gasteiger partial charge in [0, 0.05) is 0 Å². The molecule has 16 heteroatoms. The Morgan fingerprint density at radius 3 is 1.32 bits per heavy atom. The second-order valence-electron chi connectivity index (χ2n) is 4.38. The second-order valence-corrected chi connectivity index (χ2v) is 4.38. The monoisotopic (exact) mass is 406 g/mol. The average Bonchev–Trinajstić information content (AvgIpc) is 2.56. The number of rotatable bonds is 1. The van der Waals surface area contributed by atoms with Crippen LogP contribution in [0.25, 0.3) is 0 Å². The molecule has 0 aromatic carbocycles. The Hall–Kier alpha value is -1.77. The Balaban J connectivity index is 4.12. The topological polar surface area (TPSA) is 26.3 Å². The first-order chi connectivity index (χ1) is 10.6. The Bertz CT molecular complexity index is 588. The van der Waals surface area contributed by atoms with Crippen LogP contribution in [0.4, 0.5) is 61.5 Å². The van der Waals surface area contributed by atoms with E-state index in [9.17, 15) is 66.3 Å². The van der Waals surface area contributed by atoms with Gasteiger partial charge in [0.15, 0.2) is 5.57 Å². The van der Waals surface area contributed by atoms with E-state index in [1.54, 1.807) is 0 Å². The third-order valence-corrected chi connectivity index (χ3v) is 2.78. The van der Waals surface area contributed by atoms with Crippen molar-refractivity contribution in [3.63, 3.8) is 0 Å². The first-order valence-corrected chi connectivity index (χ1v) is 5.26. The molecule has 1 unspecified atom stereocenters. The molecule has 0 radical (unpaired) electrons. The molecular formula is C9F14O2. The van der Waals surface area contributed by atoms with Crippen molar-refractivity contribution in [1.82, 2.24) is 0 Å². The molecule has 0 bridgehead atoms. The third-order valence-electron chi connectivity index (χ3n) is 2.78. The number of alkyl halides is 14. The molecule has 0 amide bonds. The van der Waals surface area contributed by atoms with Crippen LogP contribution < -0.4 is 0 Å². The Morgan fingerprint density at radius 1 is 0.720 bits per heavy atom. The van der Waals surface area contributed by atoms with E-state index in [2.05, 4.69) is 4.74 Å². The molecule has 1 aliphatic rings. The molecule has 0 saturated heterocycles. The highest BCUT2D eigenvalue weighted by molar-refractivity contribution is 5.95. The SMILES string of the molecule is O=C1OC(F)(C(F)(F)F)C(C(F)(C(F)(F)F)C(F)(F)F)=C1C(F)(F)F. The number of ether oxygens (including phenoxy) is 1. The number of hydrogen-bond acceptors (Lipinski definition) is 2. The van der Waals surface area contributed by atoms with Crippen LogP contribution >= 0.6 is 0 Å². The minimum Gasteiger partial charge on any atom is -0.412 e. The molecule has 0 fully saturated rings. The van der Waals surface area contributed by atoms with Crippen molar-refractivity contribution in [2.75, 3.05) is 0 Å². The lowest BCUT2D eigenvalue weighted by Crippen LogP contribution is -2.61. The fourth-order valence-corrected chi connectivity index (χ4v) is 1.79. The quantitative estimate of drug-likeness (QED) is 0.475. The lowest BCUT2D eigenvalue weighted by Gasteiger charge is -2.36. The molecule has 1 aliphatic heterocycles. The van der Waals surface area contributed by atoms with Crippen LogP contribution in [0, 0.1) is 0 Å². The molecular weight excluding hydrogens is 406 g/mol. The lowest BCUT2D eigenvalue weighted by atomic mass is 9.85. The van der Waals surface area contributed by atoms with Crippen molar-refractivity contribution in [2.24, 2.45) is 0 Å². The van der Waals surface area contributed by atoms with E-state index in [0.717, 1.165) is 0 Å². The highest BCUT2D eigenvalue weighted by Gasteiger charge is 2.85. The van der Waals surface area contributed by atoms with Gasteiger partial charge in [0.25, 0.3) is 0 Å². The van der Waals surface area contributed by atoms with E-state index in [0.29, 0.717) is 0 Å². The second kappa shape index (κ2) is 5.12. The van der Waals surface area contributed by atoms with E-state index in [-0.39, 0.29) is 0 Å². The molecule has 0 aliphatic carbocycles. The molecule has 0 aromatic rings. The van der Waals surface area contributed by atoms with Crippen molar-refractivity contribution < 1.29 is 71.0 Å². The van der Waals surface area contributed by atoms with Gasteiger partial charge in [-0.25, -0.2) is 9.18 Å². The number of esters is 1. The molecule has 0 N–H and O–H groups in total. The maximum absolute atomic E-state index is 13.7. The zero-order valence-corrected chi connectivity index (χ0v) is 10.6. The highest BCUT2D eigenvalue weighted by Crippen LogP contribution is 2.61. The maximum atomic E-state index is 13.7. The fraction of sp³-hybridized carbons (Fsp3) is 0.667. The van der Waals surface area contributed by atoms with Gasteiger partial charge in [-0.1, -0.05) is 0 Å². The van der Waals surface area contributed by atoms with Gasteiger partial charge in [0.05, 0.1) is 5.57 Å². The minimum absolute atomic E-state index is 2.44. The van der Waals surface area contributed by atoms with Crippen LogP contribution in [0.1, 0.15) is 0 Å². The zero-order chi connectivity index (χ0) is 20.4. The average molecular weight is 406 g/mol. The van der Waals surface area contributed by atoms with Gasteiger partial charge < -0.3 is 4.74 Å². The summed E-state index contributed by atoms with van der Waals surface area (Å²) in [4.78, 5) is 10.8. The number of carbonyl (C=O) groups is 1. The Labute approximate surface area is 126 Å². The van der Waals surface area contributed by atoms with Crippen LogP contribution in [-0.4, -0.2) is 42.2 Å². The van der Waals surface area contributed by atoms with Gasteiger partial charge in [-0.15, -0.1) is 0 Å². The van der Waals surface area contributed by atoms with Gasteiger partial charge in [0.1, 0.15) is 0 Å².